The van der Waals surface area contributed by atoms with Gasteiger partial charge in [-0.15, -0.1) is 0 Å². The number of aliphatic hydroxyl groups excluding tert-OH is 1. The van der Waals surface area contributed by atoms with E-state index in [0.29, 0.717) is 32.1 Å². The molecule has 8 atom stereocenters. The van der Waals surface area contributed by atoms with Crippen molar-refractivity contribution in [1.82, 2.24) is 5.43 Å². The lowest BCUT2D eigenvalue weighted by Crippen LogP contribution is -2.68. The summed E-state index contributed by atoms with van der Waals surface area (Å²) in [5, 5.41) is 49.5. The molecule has 1 aliphatic heterocycles. The summed E-state index contributed by atoms with van der Waals surface area (Å²) >= 11 is 0. The number of hydrogen-bond acceptors (Lipinski definition) is 8. The second-order valence-corrected chi connectivity index (χ2v) is 12.7. The second-order valence-electron chi connectivity index (χ2n) is 12.7. The minimum absolute atomic E-state index is 0.0614. The number of phenolic OH excluding ortho intramolecular Hbond substituents is 1. The fourth-order valence-corrected chi connectivity index (χ4v) is 9.29. The summed E-state index contributed by atoms with van der Waals surface area (Å²) in [6.45, 7) is 2.43. The summed E-state index contributed by atoms with van der Waals surface area (Å²) in [7, 11) is 0. The molecular weight excluding hydrogens is 500 g/mol. The van der Waals surface area contributed by atoms with Gasteiger partial charge < -0.3 is 25.2 Å². The Morgan fingerprint density at radius 3 is 2.59 bits per heavy atom. The van der Waals surface area contributed by atoms with Crippen LogP contribution in [0.3, 0.4) is 0 Å². The summed E-state index contributed by atoms with van der Waals surface area (Å²) in [6, 6.07) is 6.23. The molecule has 6 rings (SSSR count). The third-order valence-electron chi connectivity index (χ3n) is 11.2. The van der Waals surface area contributed by atoms with Crippen LogP contribution in [0.25, 0.3) is 0 Å². The molecule has 1 aromatic rings. The zero-order chi connectivity index (χ0) is 27.6. The van der Waals surface area contributed by atoms with Crippen LogP contribution >= 0.6 is 0 Å². The summed E-state index contributed by atoms with van der Waals surface area (Å²) in [6.07, 6.45) is 7.75. The number of esters is 1. The van der Waals surface area contributed by atoms with E-state index in [1.54, 1.807) is 24.4 Å². The second kappa shape index (κ2) is 9.14. The van der Waals surface area contributed by atoms with Crippen LogP contribution < -0.4 is 5.43 Å². The van der Waals surface area contributed by atoms with Gasteiger partial charge in [0.2, 0.25) is 0 Å². The SMILES string of the molecule is C[C@]12CC[C@H]3[C@@H](CC[C@]4(O)C[C@H](O)CC[C@]34/C=N\NC(=O)c3ccccc3O)[C@]1(O)CC[C@@H]2C1=CC(=O)OC1. The largest absolute Gasteiger partial charge is 0.507 e. The number of hydrazone groups is 1. The molecule has 9 nitrogen and oxygen atoms in total. The van der Waals surface area contributed by atoms with Crippen molar-refractivity contribution >= 4 is 18.1 Å². The van der Waals surface area contributed by atoms with Crippen LogP contribution in [0.2, 0.25) is 0 Å². The molecule has 0 saturated heterocycles. The lowest BCUT2D eigenvalue weighted by molar-refractivity contribution is -0.237. The molecule has 4 saturated carbocycles. The number of nitrogens with one attached hydrogen (secondary N) is 1. The van der Waals surface area contributed by atoms with Gasteiger partial charge in [-0.05, 0) is 86.8 Å². The van der Waals surface area contributed by atoms with Crippen molar-refractivity contribution in [3.05, 3.63) is 41.5 Å². The highest BCUT2D eigenvalue weighted by molar-refractivity contribution is 5.97. The number of benzene rings is 1. The fraction of sp³-hybridized carbons (Fsp3) is 0.633. The van der Waals surface area contributed by atoms with Crippen molar-refractivity contribution in [1.29, 1.82) is 0 Å². The van der Waals surface area contributed by atoms with Crippen LogP contribution in [-0.4, -0.2) is 62.4 Å². The van der Waals surface area contributed by atoms with Gasteiger partial charge in [0.15, 0.2) is 0 Å². The predicted octanol–water partition coefficient (Wildman–Crippen LogP) is 2.82. The highest BCUT2D eigenvalue weighted by Crippen LogP contribution is 2.70. The third kappa shape index (κ3) is 3.80. The van der Waals surface area contributed by atoms with E-state index in [2.05, 4.69) is 17.5 Å². The molecule has 9 heteroatoms. The predicted molar refractivity (Wildman–Crippen MR) is 142 cm³/mol. The monoisotopic (exact) mass is 538 g/mol. The summed E-state index contributed by atoms with van der Waals surface area (Å²) in [4.78, 5) is 24.6. The Kier molecular flexibility index (Phi) is 6.21. The van der Waals surface area contributed by atoms with Crippen LogP contribution in [0.4, 0.5) is 0 Å². The molecule has 4 aliphatic carbocycles. The van der Waals surface area contributed by atoms with Crippen molar-refractivity contribution < 1.29 is 34.8 Å². The van der Waals surface area contributed by atoms with Gasteiger partial charge in [-0.1, -0.05) is 19.1 Å². The number of phenols is 1. The maximum atomic E-state index is 12.7. The molecule has 0 spiro atoms. The van der Waals surface area contributed by atoms with E-state index in [1.165, 1.54) is 12.1 Å². The van der Waals surface area contributed by atoms with Gasteiger partial charge in [0.1, 0.15) is 12.4 Å². The van der Waals surface area contributed by atoms with Crippen LogP contribution in [0, 0.1) is 28.6 Å². The Morgan fingerprint density at radius 2 is 1.85 bits per heavy atom. The van der Waals surface area contributed by atoms with Gasteiger partial charge >= 0.3 is 5.97 Å². The first-order chi connectivity index (χ1) is 18.5. The molecule has 0 bridgehead atoms. The molecule has 1 aromatic carbocycles. The van der Waals surface area contributed by atoms with Crippen LogP contribution in [0.1, 0.15) is 75.1 Å². The topological polar surface area (TPSA) is 149 Å². The lowest BCUT2D eigenvalue weighted by Gasteiger charge is -2.65. The summed E-state index contributed by atoms with van der Waals surface area (Å²) < 4.78 is 5.22. The molecule has 210 valence electrons. The number of rotatable bonds is 4. The Morgan fingerprint density at radius 1 is 1.08 bits per heavy atom. The first-order valence-electron chi connectivity index (χ1n) is 14.2. The minimum Gasteiger partial charge on any atom is -0.507 e. The summed E-state index contributed by atoms with van der Waals surface area (Å²) in [5.74, 6) is -1.15. The maximum absolute atomic E-state index is 12.7. The standard InChI is InChI=1S/C30H38N2O7/c1-27-10-7-22-23(30(27,38)13-9-21(27)18-14-25(35)39-16-18)8-12-29(37)15-19(33)6-11-28(22,29)17-31-32-26(36)20-4-2-3-5-24(20)34/h2-5,14,17,19,21-23,33-34,37-38H,6-13,15-16H2,1H3,(H,32,36)/b31-17-/t19-,21-,22+,23-,27-,28+,29+,30-/m1/s1. The smallest absolute Gasteiger partial charge is 0.331 e. The molecule has 0 radical (unpaired) electrons. The van der Waals surface area contributed by atoms with E-state index >= 15 is 0 Å². The van der Waals surface area contributed by atoms with E-state index < -0.39 is 34.0 Å². The van der Waals surface area contributed by atoms with Crippen molar-refractivity contribution in [2.75, 3.05) is 6.61 Å². The molecule has 39 heavy (non-hydrogen) atoms. The first-order valence-corrected chi connectivity index (χ1v) is 14.2. The van der Waals surface area contributed by atoms with Gasteiger partial charge in [-0.3, -0.25) is 4.79 Å². The van der Waals surface area contributed by atoms with Gasteiger partial charge in [0.05, 0.1) is 22.9 Å². The Balaban J connectivity index is 1.33. The van der Waals surface area contributed by atoms with Gasteiger partial charge in [0.25, 0.3) is 5.91 Å². The number of aliphatic hydroxyl groups is 3. The number of nitrogens with zero attached hydrogens (tertiary/aromatic N) is 1. The zero-order valence-electron chi connectivity index (χ0n) is 22.3. The molecular formula is C30H38N2O7. The van der Waals surface area contributed by atoms with E-state index in [9.17, 15) is 30.0 Å². The van der Waals surface area contributed by atoms with Crippen LogP contribution in [0.5, 0.6) is 5.75 Å². The van der Waals surface area contributed by atoms with Crippen molar-refractivity contribution in [2.24, 2.45) is 33.7 Å². The van der Waals surface area contributed by atoms with Gasteiger partial charge in [-0.25, -0.2) is 10.2 Å². The number of cyclic esters (lactones) is 1. The number of carbonyl (C=O) groups is 2. The van der Waals surface area contributed by atoms with E-state index in [1.807, 2.05) is 0 Å². The normalized spacial score (nSPS) is 43.3. The third-order valence-corrected chi connectivity index (χ3v) is 11.2. The summed E-state index contributed by atoms with van der Waals surface area (Å²) in [5.41, 5.74) is 0.149. The molecule has 4 fully saturated rings. The molecule has 0 unspecified atom stereocenters. The number of aromatic hydroxyl groups is 1. The van der Waals surface area contributed by atoms with E-state index in [4.69, 9.17) is 4.74 Å². The van der Waals surface area contributed by atoms with Gasteiger partial charge in [0, 0.05) is 29.5 Å². The molecule has 5 N–H and O–H groups in total. The molecule has 5 aliphatic rings. The zero-order valence-corrected chi connectivity index (χ0v) is 22.3. The highest BCUT2D eigenvalue weighted by Gasteiger charge is 2.71. The fourth-order valence-electron chi connectivity index (χ4n) is 9.29. The molecule has 1 amide bonds. The molecule has 0 aromatic heterocycles. The van der Waals surface area contributed by atoms with Crippen molar-refractivity contribution in [2.45, 2.75) is 82.0 Å². The average Bonchev–Trinajstić information content (AvgIpc) is 3.44. The van der Waals surface area contributed by atoms with Crippen molar-refractivity contribution in [3.8, 4) is 5.75 Å². The Bertz CT molecular complexity index is 1250. The number of hydrogen-bond donors (Lipinski definition) is 5. The van der Waals surface area contributed by atoms with E-state index in [-0.39, 0.29) is 48.1 Å². The number of para-hydroxylation sites is 1. The van der Waals surface area contributed by atoms with Crippen molar-refractivity contribution in [3.63, 3.8) is 0 Å². The van der Waals surface area contributed by atoms with Gasteiger partial charge in [-0.2, -0.15) is 5.10 Å². The quantitative estimate of drug-likeness (QED) is 0.225. The average molecular weight is 539 g/mol. The van der Waals surface area contributed by atoms with Crippen LogP contribution in [-0.2, 0) is 9.53 Å². The molecule has 1 heterocycles. The lowest BCUT2D eigenvalue weighted by atomic mass is 9.41. The number of ether oxygens (including phenoxy) is 1. The maximum Gasteiger partial charge on any atom is 0.331 e. The van der Waals surface area contributed by atoms with E-state index in [0.717, 1.165) is 24.8 Å². The Hall–Kier alpha value is -2.75. The van der Waals surface area contributed by atoms with Crippen LogP contribution in [0.15, 0.2) is 41.0 Å². The number of fused-ring (bicyclic) bond motifs is 5. The highest BCUT2D eigenvalue weighted by atomic mass is 16.5. The first kappa shape index (κ1) is 26.5. The number of amides is 1. The minimum atomic E-state index is -1.22. The Labute approximate surface area is 228 Å². The number of carbonyl (C=O) groups excluding carboxylic acids is 2.